The summed E-state index contributed by atoms with van der Waals surface area (Å²) in [6, 6.07) is 25.0. The van der Waals surface area contributed by atoms with E-state index in [1.54, 1.807) is 0 Å². The molecule has 0 amide bonds. The normalized spacial score (nSPS) is 18.6. The van der Waals surface area contributed by atoms with Crippen LogP contribution in [0.25, 0.3) is 0 Å². The molecule has 0 saturated carbocycles. The SMILES string of the molecule is Cc1ccc(N2CC(F)CC2(Cc2ccccc2)Cc2ccccc2)cn1. The smallest absolute Gasteiger partial charge is 0.120 e. The molecule has 1 saturated heterocycles. The second-order valence-electron chi connectivity index (χ2n) is 7.62. The van der Waals surface area contributed by atoms with Crippen molar-refractivity contribution in [3.63, 3.8) is 0 Å². The Hall–Kier alpha value is -2.68. The van der Waals surface area contributed by atoms with Crippen molar-refractivity contribution in [3.8, 4) is 0 Å². The fourth-order valence-corrected chi connectivity index (χ4v) is 4.33. The summed E-state index contributed by atoms with van der Waals surface area (Å²) >= 11 is 0. The summed E-state index contributed by atoms with van der Waals surface area (Å²) < 4.78 is 14.8. The molecule has 2 nitrogen and oxygen atoms in total. The molecule has 0 N–H and O–H groups in total. The topological polar surface area (TPSA) is 16.1 Å². The van der Waals surface area contributed by atoms with E-state index in [4.69, 9.17) is 0 Å². The highest BCUT2D eigenvalue weighted by Crippen LogP contribution is 2.40. The molecule has 0 aliphatic carbocycles. The van der Waals surface area contributed by atoms with Crippen LogP contribution in [0.15, 0.2) is 79.0 Å². The molecular formula is C24H25FN2. The lowest BCUT2D eigenvalue weighted by Gasteiger charge is -2.40. The van der Waals surface area contributed by atoms with E-state index in [0.29, 0.717) is 13.0 Å². The van der Waals surface area contributed by atoms with Gasteiger partial charge in [0.05, 0.1) is 17.4 Å². The molecule has 3 aromatic rings. The number of benzene rings is 2. The number of nitrogens with zero attached hydrogens (tertiary/aromatic N) is 2. The van der Waals surface area contributed by atoms with E-state index in [1.807, 2.05) is 31.3 Å². The molecule has 0 spiro atoms. The highest BCUT2D eigenvalue weighted by atomic mass is 19.1. The zero-order valence-corrected chi connectivity index (χ0v) is 15.7. The van der Waals surface area contributed by atoms with Crippen LogP contribution in [-0.2, 0) is 12.8 Å². The first-order valence-electron chi connectivity index (χ1n) is 9.57. The molecular weight excluding hydrogens is 335 g/mol. The fraction of sp³-hybridized carbons (Fsp3) is 0.292. The average Bonchev–Trinajstić information content (AvgIpc) is 2.99. The number of rotatable bonds is 5. The summed E-state index contributed by atoms with van der Waals surface area (Å²) in [4.78, 5) is 6.72. The lowest BCUT2D eigenvalue weighted by atomic mass is 9.82. The van der Waals surface area contributed by atoms with Crippen LogP contribution in [0.3, 0.4) is 0 Å². The van der Waals surface area contributed by atoms with Crippen LogP contribution >= 0.6 is 0 Å². The number of alkyl halides is 1. The number of anilines is 1. The third-order valence-corrected chi connectivity index (χ3v) is 5.51. The Morgan fingerprint density at radius 1 is 0.926 bits per heavy atom. The van der Waals surface area contributed by atoms with Gasteiger partial charge in [0, 0.05) is 18.7 Å². The molecule has 138 valence electrons. The molecule has 1 atom stereocenters. The first kappa shape index (κ1) is 17.7. The van der Waals surface area contributed by atoms with Crippen molar-refractivity contribution in [2.75, 3.05) is 11.4 Å². The molecule has 3 heteroatoms. The first-order chi connectivity index (χ1) is 13.1. The van der Waals surface area contributed by atoms with Crippen LogP contribution < -0.4 is 4.90 Å². The Kier molecular flexibility index (Phi) is 4.93. The summed E-state index contributed by atoms with van der Waals surface area (Å²) in [5, 5.41) is 0. The van der Waals surface area contributed by atoms with E-state index in [-0.39, 0.29) is 5.54 Å². The Morgan fingerprint density at radius 3 is 2.04 bits per heavy atom. The van der Waals surface area contributed by atoms with Crippen molar-refractivity contribution < 1.29 is 4.39 Å². The van der Waals surface area contributed by atoms with Crippen LogP contribution in [0, 0.1) is 6.92 Å². The number of pyridine rings is 1. The molecule has 1 unspecified atom stereocenters. The van der Waals surface area contributed by atoms with Gasteiger partial charge in [0.15, 0.2) is 0 Å². The monoisotopic (exact) mass is 360 g/mol. The molecule has 1 aliphatic heterocycles. The lowest BCUT2D eigenvalue weighted by Crippen LogP contribution is -2.48. The van der Waals surface area contributed by atoms with Crippen LogP contribution in [-0.4, -0.2) is 23.2 Å². The molecule has 2 heterocycles. The number of hydrogen-bond acceptors (Lipinski definition) is 2. The van der Waals surface area contributed by atoms with E-state index in [1.165, 1.54) is 11.1 Å². The van der Waals surface area contributed by atoms with Gasteiger partial charge >= 0.3 is 0 Å². The minimum absolute atomic E-state index is 0.293. The summed E-state index contributed by atoms with van der Waals surface area (Å²) in [6.07, 6.45) is 3.22. The van der Waals surface area contributed by atoms with Crippen molar-refractivity contribution in [1.82, 2.24) is 4.98 Å². The quantitative estimate of drug-likeness (QED) is 0.624. The Bertz CT molecular complexity index is 820. The van der Waals surface area contributed by atoms with Gasteiger partial charge in [-0.1, -0.05) is 60.7 Å². The minimum Gasteiger partial charge on any atom is -0.361 e. The number of aromatic nitrogens is 1. The van der Waals surface area contributed by atoms with Crippen LogP contribution in [0.4, 0.5) is 10.1 Å². The van der Waals surface area contributed by atoms with Gasteiger partial charge in [0.25, 0.3) is 0 Å². The molecule has 1 fully saturated rings. The average molecular weight is 360 g/mol. The molecule has 2 aromatic carbocycles. The highest BCUT2D eigenvalue weighted by molar-refractivity contribution is 5.51. The first-order valence-corrected chi connectivity index (χ1v) is 9.57. The second kappa shape index (κ2) is 7.51. The molecule has 27 heavy (non-hydrogen) atoms. The summed E-state index contributed by atoms with van der Waals surface area (Å²) in [5.41, 5.74) is 4.18. The molecule has 0 bridgehead atoms. The van der Waals surface area contributed by atoms with E-state index in [9.17, 15) is 4.39 Å². The zero-order chi connectivity index (χ0) is 18.7. The van der Waals surface area contributed by atoms with Gasteiger partial charge in [0.1, 0.15) is 6.17 Å². The van der Waals surface area contributed by atoms with Crippen molar-refractivity contribution in [2.45, 2.75) is 37.9 Å². The van der Waals surface area contributed by atoms with Gasteiger partial charge < -0.3 is 4.90 Å². The van der Waals surface area contributed by atoms with Gasteiger partial charge in [-0.2, -0.15) is 0 Å². The highest BCUT2D eigenvalue weighted by Gasteiger charge is 2.46. The summed E-state index contributed by atoms with van der Waals surface area (Å²) in [7, 11) is 0. The van der Waals surface area contributed by atoms with Crippen molar-refractivity contribution >= 4 is 5.69 Å². The van der Waals surface area contributed by atoms with E-state index >= 15 is 0 Å². The van der Waals surface area contributed by atoms with Gasteiger partial charge in [-0.15, -0.1) is 0 Å². The van der Waals surface area contributed by atoms with E-state index < -0.39 is 6.17 Å². The van der Waals surface area contributed by atoms with E-state index in [0.717, 1.165) is 24.2 Å². The van der Waals surface area contributed by atoms with Gasteiger partial charge in [-0.25, -0.2) is 4.39 Å². The van der Waals surface area contributed by atoms with Crippen molar-refractivity contribution in [1.29, 1.82) is 0 Å². The molecule has 1 aromatic heterocycles. The zero-order valence-electron chi connectivity index (χ0n) is 15.7. The Balaban J connectivity index is 1.75. The third-order valence-electron chi connectivity index (χ3n) is 5.51. The fourth-order valence-electron chi connectivity index (χ4n) is 4.33. The lowest BCUT2D eigenvalue weighted by molar-refractivity contribution is 0.320. The standard InChI is InChI=1S/C24H25FN2/c1-19-12-13-23(17-26-19)27-18-22(25)16-24(27,14-20-8-4-2-5-9-20)15-21-10-6-3-7-11-21/h2-13,17,22H,14-16,18H2,1H3. The maximum Gasteiger partial charge on any atom is 0.120 e. The van der Waals surface area contributed by atoms with E-state index in [2.05, 4.69) is 64.5 Å². The third kappa shape index (κ3) is 3.87. The van der Waals surface area contributed by atoms with Crippen molar-refractivity contribution in [2.24, 2.45) is 0 Å². The number of hydrogen-bond donors (Lipinski definition) is 0. The second-order valence-corrected chi connectivity index (χ2v) is 7.62. The predicted molar refractivity (Wildman–Crippen MR) is 109 cm³/mol. The Labute approximate surface area is 160 Å². The maximum atomic E-state index is 14.8. The predicted octanol–water partition coefficient (Wildman–Crippen LogP) is 5.16. The van der Waals surface area contributed by atoms with Crippen LogP contribution in [0.1, 0.15) is 23.2 Å². The largest absolute Gasteiger partial charge is 0.361 e. The summed E-state index contributed by atoms with van der Waals surface area (Å²) in [6.45, 7) is 2.40. The van der Waals surface area contributed by atoms with Crippen LogP contribution in [0.5, 0.6) is 0 Å². The Morgan fingerprint density at radius 2 is 1.52 bits per heavy atom. The molecule has 0 radical (unpaired) electrons. The van der Waals surface area contributed by atoms with Crippen molar-refractivity contribution in [3.05, 3.63) is 95.8 Å². The number of aryl methyl sites for hydroxylation is 1. The van der Waals surface area contributed by atoms with Gasteiger partial charge in [-0.3, -0.25) is 4.98 Å². The summed E-state index contributed by atoms with van der Waals surface area (Å²) in [5.74, 6) is 0. The van der Waals surface area contributed by atoms with Crippen LogP contribution in [0.2, 0.25) is 0 Å². The van der Waals surface area contributed by atoms with Gasteiger partial charge in [0.2, 0.25) is 0 Å². The minimum atomic E-state index is -0.835. The molecule has 4 rings (SSSR count). The molecule has 1 aliphatic rings. The van der Waals surface area contributed by atoms with Gasteiger partial charge in [-0.05, 0) is 43.0 Å². The number of halogens is 1. The maximum absolute atomic E-state index is 14.8.